The monoisotopic (exact) mass is 645 g/mol. The van der Waals surface area contributed by atoms with Crippen LogP contribution in [0.4, 0.5) is 18.9 Å². The zero-order valence-corrected chi connectivity index (χ0v) is 27.0. The number of fused-ring (bicyclic) bond motifs is 3. The quantitative estimate of drug-likeness (QED) is 0.0986. The molecule has 0 N–H and O–H groups in total. The van der Waals surface area contributed by atoms with Gasteiger partial charge in [0.15, 0.2) is 0 Å². The van der Waals surface area contributed by atoms with Crippen LogP contribution in [-0.2, 0) is 11.6 Å². The lowest BCUT2D eigenvalue weighted by atomic mass is 9.67. The number of alkyl halides is 3. The van der Waals surface area contributed by atoms with Crippen LogP contribution in [0.5, 0.6) is 17.2 Å². The number of benzene rings is 6. The molecule has 9 heteroatoms. The van der Waals surface area contributed by atoms with Crippen molar-refractivity contribution in [3.05, 3.63) is 177 Å². The van der Waals surface area contributed by atoms with E-state index in [0.717, 1.165) is 50.8 Å². The lowest BCUT2D eigenvalue weighted by Crippen LogP contribution is -2.28. The first-order chi connectivity index (χ1) is 22.7. The lowest BCUT2D eigenvalue weighted by Gasteiger charge is -2.34. The molecule has 0 fully saturated rings. The van der Waals surface area contributed by atoms with Crippen LogP contribution in [0.1, 0.15) is 27.8 Å². The van der Waals surface area contributed by atoms with Crippen molar-refractivity contribution in [2.24, 2.45) is 0 Å². The zero-order valence-electron chi connectivity index (χ0n) is 25.0. The number of ether oxygens (including phenoxy) is 1. The fourth-order valence-electron chi connectivity index (χ4n) is 6.65. The van der Waals surface area contributed by atoms with Gasteiger partial charge in [-0.2, -0.15) is 13.2 Å². The molecule has 7 rings (SSSR count). The Morgan fingerprint density at radius 1 is 0.638 bits per heavy atom. The Balaban J connectivity index is 1.47. The zero-order chi connectivity index (χ0) is 32.8. The van der Waals surface area contributed by atoms with Crippen LogP contribution in [0, 0.1) is 10.1 Å². The molecule has 6 aromatic carbocycles. The Labute approximate surface area is 271 Å². The fourth-order valence-corrected chi connectivity index (χ4v) is 6.92. The highest BCUT2D eigenvalue weighted by Gasteiger charge is 2.46. The van der Waals surface area contributed by atoms with Crippen molar-refractivity contribution in [2.45, 2.75) is 11.6 Å². The van der Waals surface area contributed by atoms with Crippen LogP contribution in [0.25, 0.3) is 22.3 Å². The van der Waals surface area contributed by atoms with E-state index < -0.39 is 27.8 Å². The molecule has 5 nitrogen and oxygen atoms in total. The summed E-state index contributed by atoms with van der Waals surface area (Å²) in [7, 11) is 0.557. The van der Waals surface area contributed by atoms with E-state index in [2.05, 4.69) is 36.4 Å². The van der Waals surface area contributed by atoms with Gasteiger partial charge in [-0.1, -0.05) is 97.1 Å². The maximum atomic E-state index is 13.8. The first-order valence-corrected chi connectivity index (χ1v) is 15.6. The SMILES string of the molecule is O=[N+]([O-])c1ccc(Oc2ccc(C3(c4ccc(O[SiH3])cc4)c4ccccc4-c4ccccc43)cc2-c2ccccc2)cc1C(F)(F)F. The first-order valence-electron chi connectivity index (χ1n) is 14.8. The third kappa shape index (κ3) is 5.05. The molecule has 232 valence electrons. The smallest absolute Gasteiger partial charge is 0.423 e. The molecule has 0 unspecified atom stereocenters. The fraction of sp³-hybridized carbons (Fsp3) is 0.0526. The minimum atomic E-state index is -4.94. The minimum absolute atomic E-state index is 0.169. The summed E-state index contributed by atoms with van der Waals surface area (Å²) in [6.07, 6.45) is -4.94. The van der Waals surface area contributed by atoms with Crippen molar-refractivity contribution in [2.75, 3.05) is 0 Å². The lowest BCUT2D eigenvalue weighted by molar-refractivity contribution is -0.388. The Morgan fingerprint density at radius 3 is 1.81 bits per heavy atom. The van der Waals surface area contributed by atoms with E-state index in [1.807, 2.05) is 78.9 Å². The molecule has 6 aromatic rings. The predicted octanol–water partition coefficient (Wildman–Crippen LogP) is 9.10. The third-order valence-electron chi connectivity index (χ3n) is 8.67. The van der Waals surface area contributed by atoms with Crippen molar-refractivity contribution in [1.29, 1.82) is 0 Å². The summed E-state index contributed by atoms with van der Waals surface area (Å²) in [5, 5.41) is 11.4. The second-order valence-electron chi connectivity index (χ2n) is 11.2. The second-order valence-corrected chi connectivity index (χ2v) is 11.6. The van der Waals surface area contributed by atoms with Gasteiger partial charge in [-0.3, -0.25) is 10.1 Å². The summed E-state index contributed by atoms with van der Waals surface area (Å²) in [5.41, 5.74) is 4.65. The predicted molar refractivity (Wildman–Crippen MR) is 178 cm³/mol. The van der Waals surface area contributed by atoms with Gasteiger partial charge in [0.25, 0.3) is 5.69 Å². The van der Waals surface area contributed by atoms with Crippen molar-refractivity contribution < 1.29 is 27.3 Å². The summed E-state index contributed by atoms with van der Waals surface area (Å²) in [6.45, 7) is 0. The van der Waals surface area contributed by atoms with Crippen molar-refractivity contribution >= 4 is 16.2 Å². The second kappa shape index (κ2) is 11.6. The molecule has 0 saturated heterocycles. The van der Waals surface area contributed by atoms with E-state index in [0.29, 0.717) is 27.9 Å². The van der Waals surface area contributed by atoms with Gasteiger partial charge in [-0.05, 0) is 75.3 Å². The van der Waals surface area contributed by atoms with Gasteiger partial charge < -0.3 is 9.16 Å². The summed E-state index contributed by atoms with van der Waals surface area (Å²) in [4.78, 5) is 10.3. The number of nitrogens with zero attached hydrogens (tertiary/aromatic N) is 1. The molecule has 0 saturated carbocycles. The molecule has 47 heavy (non-hydrogen) atoms. The molecule has 0 aromatic heterocycles. The number of halogens is 3. The summed E-state index contributed by atoms with van der Waals surface area (Å²) < 4.78 is 53.2. The van der Waals surface area contributed by atoms with Gasteiger partial charge in [-0.15, -0.1) is 0 Å². The van der Waals surface area contributed by atoms with Gasteiger partial charge in [0.05, 0.1) is 10.3 Å². The molecule has 0 amide bonds. The molecular weight excluding hydrogens is 620 g/mol. The average Bonchev–Trinajstić information content (AvgIpc) is 3.39. The molecule has 0 heterocycles. The van der Waals surface area contributed by atoms with Gasteiger partial charge in [0.2, 0.25) is 10.5 Å². The van der Waals surface area contributed by atoms with Crippen molar-refractivity contribution in [3.8, 4) is 39.5 Å². The third-order valence-corrected chi connectivity index (χ3v) is 9.14. The highest BCUT2D eigenvalue weighted by atomic mass is 28.2. The minimum Gasteiger partial charge on any atom is -0.553 e. The Hall–Kier alpha value is -5.67. The van der Waals surface area contributed by atoms with Crippen molar-refractivity contribution in [1.82, 2.24) is 0 Å². The van der Waals surface area contributed by atoms with Crippen LogP contribution in [0.2, 0.25) is 0 Å². The number of nitro groups is 1. The van der Waals surface area contributed by atoms with Crippen molar-refractivity contribution in [3.63, 3.8) is 0 Å². The van der Waals surface area contributed by atoms with E-state index in [1.54, 1.807) is 6.07 Å². The molecule has 0 radical (unpaired) electrons. The van der Waals surface area contributed by atoms with Crippen LogP contribution in [0.15, 0.2) is 140 Å². The largest absolute Gasteiger partial charge is 0.553 e. The van der Waals surface area contributed by atoms with Gasteiger partial charge in [-0.25, -0.2) is 0 Å². The molecule has 1 aliphatic rings. The van der Waals surface area contributed by atoms with Crippen LogP contribution in [-0.4, -0.2) is 15.4 Å². The number of hydrogen-bond donors (Lipinski definition) is 0. The summed E-state index contributed by atoms with van der Waals surface area (Å²) in [5.74, 6) is 0.916. The number of hydrogen-bond acceptors (Lipinski definition) is 4. The van der Waals surface area contributed by atoms with E-state index in [9.17, 15) is 23.3 Å². The van der Waals surface area contributed by atoms with E-state index >= 15 is 0 Å². The highest BCUT2D eigenvalue weighted by molar-refractivity contribution is 6.00. The molecular formula is C38H26F3NO4Si. The topological polar surface area (TPSA) is 61.6 Å². The highest BCUT2D eigenvalue weighted by Crippen LogP contribution is 2.57. The van der Waals surface area contributed by atoms with E-state index in [-0.39, 0.29) is 5.75 Å². The normalized spacial score (nSPS) is 13.1. The molecule has 0 bridgehead atoms. The average molecular weight is 646 g/mol. The Bertz CT molecular complexity index is 2090. The van der Waals surface area contributed by atoms with Crippen LogP contribution < -0.4 is 9.16 Å². The van der Waals surface area contributed by atoms with Gasteiger partial charge >= 0.3 is 6.18 Å². The standard InChI is InChI=1S/C38H26F3NO4Si/c39-38(40,41)34-23-28(19-20-35(34)42(43)44)45-36-21-16-26(22-31(36)24-8-2-1-3-9-24)37(25-14-17-27(46-47)18-15-25)32-12-6-4-10-29(32)30-11-5-7-13-33(30)37/h1-23H,47H3. The number of nitro benzene ring substituents is 1. The molecule has 0 aliphatic heterocycles. The van der Waals surface area contributed by atoms with Gasteiger partial charge in [0, 0.05) is 11.6 Å². The Kier molecular flexibility index (Phi) is 7.41. The van der Waals surface area contributed by atoms with E-state index in [4.69, 9.17) is 9.16 Å². The Morgan fingerprint density at radius 2 is 1.21 bits per heavy atom. The van der Waals surface area contributed by atoms with Crippen LogP contribution >= 0.6 is 0 Å². The number of rotatable bonds is 7. The maximum absolute atomic E-state index is 13.8. The summed E-state index contributed by atoms with van der Waals surface area (Å²) >= 11 is 0. The first kappa shape index (κ1) is 30.0. The maximum Gasteiger partial charge on any atom is 0.423 e. The van der Waals surface area contributed by atoms with E-state index in [1.165, 1.54) is 6.07 Å². The molecule has 0 spiro atoms. The summed E-state index contributed by atoms with van der Waals surface area (Å²) in [6, 6.07) is 42.5. The molecule has 1 aliphatic carbocycles. The van der Waals surface area contributed by atoms with Crippen LogP contribution in [0.3, 0.4) is 0 Å². The van der Waals surface area contributed by atoms with Gasteiger partial charge in [0.1, 0.15) is 22.8 Å². The molecule has 0 atom stereocenters.